The molecular formula is C20H20N2O5. The Morgan fingerprint density at radius 1 is 1.26 bits per heavy atom. The molecule has 7 heteroatoms. The van der Waals surface area contributed by atoms with Crippen LogP contribution in [0, 0.1) is 18.3 Å². The molecule has 3 rings (SSSR count). The second-order valence-electron chi connectivity index (χ2n) is 6.42. The van der Waals surface area contributed by atoms with Crippen LogP contribution >= 0.6 is 0 Å². The number of nitrogens with zero attached hydrogens (tertiary/aromatic N) is 1. The predicted molar refractivity (Wildman–Crippen MR) is 97.8 cm³/mol. The van der Waals surface area contributed by atoms with Gasteiger partial charge < -0.3 is 24.4 Å². The molecule has 0 saturated carbocycles. The van der Waals surface area contributed by atoms with Gasteiger partial charge in [0.2, 0.25) is 5.88 Å². The van der Waals surface area contributed by atoms with Crippen molar-refractivity contribution >= 4 is 0 Å². The number of ether oxygens (including phenoxy) is 3. The molecule has 0 unspecified atom stereocenters. The Morgan fingerprint density at radius 2 is 2.00 bits per heavy atom. The third-order valence-electron chi connectivity index (χ3n) is 4.14. The van der Waals surface area contributed by atoms with E-state index in [2.05, 4.69) is 0 Å². The molecule has 0 radical (unpaired) electrons. The van der Waals surface area contributed by atoms with Crippen molar-refractivity contribution in [2.75, 3.05) is 7.11 Å². The lowest BCUT2D eigenvalue weighted by atomic mass is 9.84. The van der Waals surface area contributed by atoms with Gasteiger partial charge in [0, 0.05) is 6.07 Å². The topological polar surface area (TPSA) is 108 Å². The van der Waals surface area contributed by atoms with Gasteiger partial charge in [-0.25, -0.2) is 4.79 Å². The molecule has 1 aliphatic heterocycles. The van der Waals surface area contributed by atoms with E-state index in [0.29, 0.717) is 22.8 Å². The molecule has 0 aliphatic carbocycles. The van der Waals surface area contributed by atoms with Crippen molar-refractivity contribution in [1.82, 2.24) is 0 Å². The van der Waals surface area contributed by atoms with Crippen molar-refractivity contribution in [3.05, 3.63) is 63.0 Å². The first-order valence-corrected chi connectivity index (χ1v) is 8.42. The molecule has 140 valence electrons. The number of benzene rings is 1. The Hall–Kier alpha value is -3.40. The first kappa shape index (κ1) is 18.4. The summed E-state index contributed by atoms with van der Waals surface area (Å²) in [6.45, 7) is 5.46. The molecule has 0 spiro atoms. The van der Waals surface area contributed by atoms with E-state index in [-0.39, 0.29) is 28.9 Å². The summed E-state index contributed by atoms with van der Waals surface area (Å²) < 4.78 is 21.9. The van der Waals surface area contributed by atoms with Gasteiger partial charge in [0.05, 0.1) is 24.7 Å². The highest BCUT2D eigenvalue weighted by atomic mass is 16.5. The number of allylic oxidation sites excluding steroid dienone is 1. The number of methoxy groups -OCH3 is 1. The molecule has 0 fully saturated rings. The number of nitriles is 1. The van der Waals surface area contributed by atoms with Gasteiger partial charge in [-0.1, -0.05) is 6.07 Å². The highest BCUT2D eigenvalue weighted by Gasteiger charge is 2.34. The van der Waals surface area contributed by atoms with Crippen LogP contribution in [0.25, 0.3) is 0 Å². The number of hydrogen-bond acceptors (Lipinski definition) is 7. The molecule has 7 nitrogen and oxygen atoms in total. The van der Waals surface area contributed by atoms with Crippen LogP contribution in [0.1, 0.15) is 36.7 Å². The smallest absolute Gasteiger partial charge is 0.343 e. The summed E-state index contributed by atoms with van der Waals surface area (Å²) in [6, 6.07) is 8.86. The lowest BCUT2D eigenvalue weighted by Gasteiger charge is -2.25. The predicted octanol–water partition coefficient (Wildman–Crippen LogP) is 2.96. The van der Waals surface area contributed by atoms with Gasteiger partial charge in [-0.15, -0.1) is 0 Å². The van der Waals surface area contributed by atoms with Gasteiger partial charge >= 0.3 is 5.63 Å². The number of hydrogen-bond donors (Lipinski definition) is 1. The zero-order chi connectivity index (χ0) is 19.7. The summed E-state index contributed by atoms with van der Waals surface area (Å²) in [6.07, 6.45) is -0.0335. The largest absolute Gasteiger partial charge is 0.493 e. The number of aryl methyl sites for hydroxylation is 1. The SMILES string of the molecule is COc1cc([C@H]2C(C#N)=C(N)Oc3cc(C)oc(=O)c32)ccc1OC(C)C. The summed E-state index contributed by atoms with van der Waals surface area (Å²) in [5.74, 6) is 0.964. The monoisotopic (exact) mass is 368 g/mol. The van der Waals surface area contributed by atoms with Crippen LogP contribution in [0.2, 0.25) is 0 Å². The van der Waals surface area contributed by atoms with E-state index in [4.69, 9.17) is 24.4 Å². The van der Waals surface area contributed by atoms with E-state index in [0.717, 1.165) is 0 Å². The van der Waals surface area contributed by atoms with Crippen molar-refractivity contribution < 1.29 is 18.6 Å². The van der Waals surface area contributed by atoms with Crippen LogP contribution < -0.4 is 25.6 Å². The summed E-state index contributed by atoms with van der Waals surface area (Å²) in [4.78, 5) is 12.5. The van der Waals surface area contributed by atoms with Gasteiger partial charge in [-0.3, -0.25) is 0 Å². The van der Waals surface area contributed by atoms with E-state index >= 15 is 0 Å². The van der Waals surface area contributed by atoms with Crippen molar-refractivity contribution in [2.24, 2.45) is 5.73 Å². The minimum atomic E-state index is -0.724. The Bertz CT molecular complexity index is 1010. The third kappa shape index (κ3) is 3.34. The molecule has 1 aromatic heterocycles. The molecule has 0 amide bonds. The number of nitrogens with two attached hydrogens (primary N) is 1. The zero-order valence-corrected chi connectivity index (χ0v) is 15.5. The van der Waals surface area contributed by atoms with Crippen molar-refractivity contribution in [1.29, 1.82) is 5.26 Å². The lowest BCUT2D eigenvalue weighted by molar-refractivity contribution is 0.230. The fourth-order valence-electron chi connectivity index (χ4n) is 3.07. The molecule has 27 heavy (non-hydrogen) atoms. The highest BCUT2D eigenvalue weighted by molar-refractivity contribution is 5.57. The van der Waals surface area contributed by atoms with Gasteiger partial charge in [-0.05, 0) is 38.5 Å². The van der Waals surface area contributed by atoms with E-state index in [1.165, 1.54) is 7.11 Å². The second kappa shape index (κ2) is 7.08. The minimum Gasteiger partial charge on any atom is -0.493 e. The Morgan fingerprint density at radius 3 is 2.63 bits per heavy atom. The average molecular weight is 368 g/mol. The lowest BCUT2D eigenvalue weighted by Crippen LogP contribution is -2.26. The quantitative estimate of drug-likeness (QED) is 0.884. The maximum Gasteiger partial charge on any atom is 0.343 e. The molecule has 2 heterocycles. The van der Waals surface area contributed by atoms with Crippen molar-refractivity contribution in [2.45, 2.75) is 32.8 Å². The summed E-state index contributed by atoms with van der Waals surface area (Å²) in [7, 11) is 1.53. The second-order valence-corrected chi connectivity index (χ2v) is 6.42. The van der Waals surface area contributed by atoms with E-state index in [1.54, 1.807) is 31.2 Å². The maximum atomic E-state index is 12.5. The molecule has 1 aliphatic rings. The Balaban J connectivity index is 2.21. The third-order valence-corrected chi connectivity index (χ3v) is 4.14. The summed E-state index contributed by atoms with van der Waals surface area (Å²) >= 11 is 0. The van der Waals surface area contributed by atoms with E-state index in [9.17, 15) is 10.1 Å². The van der Waals surface area contributed by atoms with Crippen LogP contribution in [-0.2, 0) is 0 Å². The van der Waals surface area contributed by atoms with Gasteiger partial charge in [-0.2, -0.15) is 5.26 Å². The van der Waals surface area contributed by atoms with Gasteiger partial charge in [0.1, 0.15) is 23.2 Å². The number of rotatable bonds is 4. The molecular weight excluding hydrogens is 348 g/mol. The van der Waals surface area contributed by atoms with Gasteiger partial charge in [0.15, 0.2) is 11.5 Å². The van der Waals surface area contributed by atoms with Crippen LogP contribution in [0.3, 0.4) is 0 Å². The molecule has 2 N–H and O–H groups in total. The Labute approximate surface area is 156 Å². The molecule has 0 saturated heterocycles. The first-order valence-electron chi connectivity index (χ1n) is 8.42. The Kier molecular flexibility index (Phi) is 4.82. The maximum absolute atomic E-state index is 12.5. The standard InChI is InChI=1S/C20H20N2O5/c1-10(2)25-14-6-5-12(8-15(14)24-4)17-13(9-21)19(22)27-16-7-11(3)26-20(23)18(16)17/h5-8,10,17H,22H2,1-4H3/t17-/m0/s1. The van der Waals surface area contributed by atoms with Crippen LogP contribution in [-0.4, -0.2) is 13.2 Å². The van der Waals surface area contributed by atoms with Gasteiger partial charge in [0.25, 0.3) is 0 Å². The van der Waals surface area contributed by atoms with Crippen molar-refractivity contribution in [3.8, 4) is 23.3 Å². The molecule has 1 aromatic carbocycles. The highest BCUT2D eigenvalue weighted by Crippen LogP contribution is 2.42. The van der Waals surface area contributed by atoms with E-state index in [1.807, 2.05) is 19.9 Å². The minimum absolute atomic E-state index is 0.0335. The summed E-state index contributed by atoms with van der Waals surface area (Å²) in [5, 5.41) is 9.61. The number of fused-ring (bicyclic) bond motifs is 1. The normalized spacial score (nSPS) is 15.8. The molecule has 2 aromatic rings. The van der Waals surface area contributed by atoms with Crippen molar-refractivity contribution in [3.63, 3.8) is 0 Å². The molecule has 1 atom stereocenters. The van der Waals surface area contributed by atoms with E-state index < -0.39 is 11.5 Å². The first-order chi connectivity index (χ1) is 12.8. The fourth-order valence-corrected chi connectivity index (χ4v) is 3.07. The zero-order valence-electron chi connectivity index (χ0n) is 15.5. The molecule has 0 bridgehead atoms. The average Bonchev–Trinajstić information content (AvgIpc) is 2.60. The fraction of sp³-hybridized carbons (Fsp3) is 0.300. The van der Waals surface area contributed by atoms with Crippen LogP contribution in [0.15, 0.2) is 44.9 Å². The van der Waals surface area contributed by atoms with Crippen LogP contribution in [0.4, 0.5) is 0 Å². The van der Waals surface area contributed by atoms with Crippen LogP contribution in [0.5, 0.6) is 17.2 Å². The summed E-state index contributed by atoms with van der Waals surface area (Å²) in [5.41, 5.74) is 6.38.